The molecule has 6 nitrogen and oxygen atoms in total. The highest BCUT2D eigenvalue weighted by atomic mass is 16.6. The minimum atomic E-state index is -0.455. The second kappa shape index (κ2) is 6.70. The van der Waals surface area contributed by atoms with Gasteiger partial charge in [-0.25, -0.2) is 0 Å². The molecule has 1 N–H and O–H groups in total. The highest BCUT2D eigenvalue weighted by Crippen LogP contribution is 2.38. The van der Waals surface area contributed by atoms with E-state index in [1.807, 2.05) is 0 Å². The van der Waals surface area contributed by atoms with Gasteiger partial charge < -0.3 is 24.1 Å². The average molecular weight is 255 g/mol. The maximum Gasteiger partial charge on any atom is 0.218 e. The lowest BCUT2D eigenvalue weighted by molar-refractivity contribution is 0.0889. The monoisotopic (exact) mass is 255 g/mol. The van der Waals surface area contributed by atoms with Crippen molar-refractivity contribution in [1.82, 2.24) is 0 Å². The molecular formula is C12H17NO5. The van der Waals surface area contributed by atoms with Crippen molar-refractivity contribution in [2.75, 3.05) is 35.2 Å². The van der Waals surface area contributed by atoms with Crippen molar-refractivity contribution in [2.24, 2.45) is 4.99 Å². The van der Waals surface area contributed by atoms with E-state index in [1.54, 1.807) is 19.2 Å². The zero-order valence-electron chi connectivity index (χ0n) is 10.9. The summed E-state index contributed by atoms with van der Waals surface area (Å²) >= 11 is 0. The van der Waals surface area contributed by atoms with Crippen molar-refractivity contribution in [3.8, 4) is 17.2 Å². The van der Waals surface area contributed by atoms with E-state index in [-0.39, 0.29) is 5.90 Å². The molecule has 0 aliphatic carbocycles. The minimum Gasteiger partial charge on any atom is -0.493 e. The van der Waals surface area contributed by atoms with Gasteiger partial charge in [-0.3, -0.25) is 4.99 Å². The van der Waals surface area contributed by atoms with Crippen molar-refractivity contribution in [3.05, 3.63) is 17.7 Å². The number of nitrogens with zero attached hydrogens (tertiary/aromatic N) is 1. The number of aliphatic imine (C=N–C) groups is 1. The Bertz CT molecular complexity index is 405. The summed E-state index contributed by atoms with van der Waals surface area (Å²) in [6.07, 6.45) is 0. The molecule has 0 bridgehead atoms. The first-order valence-corrected chi connectivity index (χ1v) is 5.22. The summed E-state index contributed by atoms with van der Waals surface area (Å²) in [6.45, 7) is -0.455. The smallest absolute Gasteiger partial charge is 0.218 e. The average Bonchev–Trinajstić information content (AvgIpc) is 2.42. The Morgan fingerprint density at radius 1 is 1.11 bits per heavy atom. The lowest BCUT2D eigenvalue weighted by Crippen LogP contribution is -2.08. The first-order valence-electron chi connectivity index (χ1n) is 5.22. The molecule has 0 aliphatic heterocycles. The van der Waals surface area contributed by atoms with Crippen molar-refractivity contribution >= 4 is 5.90 Å². The topological polar surface area (TPSA) is 69.5 Å². The van der Waals surface area contributed by atoms with E-state index in [9.17, 15) is 0 Å². The van der Waals surface area contributed by atoms with Crippen LogP contribution in [0.1, 0.15) is 5.56 Å². The maximum absolute atomic E-state index is 8.79. The summed E-state index contributed by atoms with van der Waals surface area (Å²) in [4.78, 5) is 3.94. The van der Waals surface area contributed by atoms with Crippen LogP contribution in [0, 0.1) is 0 Å². The molecule has 0 aromatic heterocycles. The fraction of sp³-hybridized carbons (Fsp3) is 0.417. The summed E-state index contributed by atoms with van der Waals surface area (Å²) in [5.41, 5.74) is 0.626. The van der Waals surface area contributed by atoms with Gasteiger partial charge in [-0.2, -0.15) is 0 Å². The Kier molecular flexibility index (Phi) is 5.26. The fourth-order valence-corrected chi connectivity index (χ4v) is 1.54. The van der Waals surface area contributed by atoms with E-state index < -0.39 is 6.79 Å². The van der Waals surface area contributed by atoms with E-state index in [0.717, 1.165) is 0 Å². The second-order valence-electron chi connectivity index (χ2n) is 3.22. The number of aliphatic hydroxyl groups excluding tert-OH is 1. The highest BCUT2D eigenvalue weighted by Gasteiger charge is 2.16. The normalized spacial score (nSPS) is 11.1. The minimum absolute atomic E-state index is 0.289. The predicted molar refractivity (Wildman–Crippen MR) is 66.7 cm³/mol. The molecule has 1 aromatic rings. The van der Waals surface area contributed by atoms with Gasteiger partial charge in [0.05, 0.1) is 21.3 Å². The van der Waals surface area contributed by atoms with Crippen LogP contribution >= 0.6 is 0 Å². The molecule has 0 saturated carbocycles. The molecular weight excluding hydrogens is 238 g/mol. The fourth-order valence-electron chi connectivity index (χ4n) is 1.54. The van der Waals surface area contributed by atoms with Crippen LogP contribution in [0.25, 0.3) is 0 Å². The maximum atomic E-state index is 8.79. The predicted octanol–water partition coefficient (Wildman–Crippen LogP) is 1.06. The van der Waals surface area contributed by atoms with Crippen LogP contribution in [0.2, 0.25) is 0 Å². The molecule has 0 amide bonds. The third kappa shape index (κ3) is 2.84. The quantitative estimate of drug-likeness (QED) is 0.484. The van der Waals surface area contributed by atoms with Crippen molar-refractivity contribution in [1.29, 1.82) is 0 Å². The number of ether oxygens (including phenoxy) is 4. The van der Waals surface area contributed by atoms with E-state index in [4.69, 9.17) is 24.1 Å². The van der Waals surface area contributed by atoms with Gasteiger partial charge in [0.15, 0.2) is 18.3 Å². The standard InChI is InChI=1S/C12H17NO5/c1-13-12(18-7-14)8-5-9(15-2)11(17-4)10(6-8)16-3/h5-6,14H,7H2,1-4H3. The molecule has 100 valence electrons. The van der Waals surface area contributed by atoms with E-state index in [2.05, 4.69) is 4.99 Å². The summed E-state index contributed by atoms with van der Waals surface area (Å²) in [5.74, 6) is 1.77. The van der Waals surface area contributed by atoms with Crippen LogP contribution in [-0.2, 0) is 4.74 Å². The first-order chi connectivity index (χ1) is 8.71. The summed E-state index contributed by atoms with van der Waals surface area (Å²) in [5, 5.41) is 8.79. The summed E-state index contributed by atoms with van der Waals surface area (Å²) in [6, 6.07) is 3.39. The highest BCUT2D eigenvalue weighted by molar-refractivity contribution is 5.95. The number of benzene rings is 1. The summed E-state index contributed by atoms with van der Waals surface area (Å²) < 4.78 is 20.6. The Balaban J connectivity index is 3.30. The zero-order chi connectivity index (χ0) is 13.5. The molecule has 1 aromatic carbocycles. The van der Waals surface area contributed by atoms with Gasteiger partial charge in [-0.1, -0.05) is 0 Å². The number of hydrogen-bond acceptors (Lipinski definition) is 6. The van der Waals surface area contributed by atoms with Gasteiger partial charge in [0.2, 0.25) is 11.6 Å². The van der Waals surface area contributed by atoms with Gasteiger partial charge in [-0.15, -0.1) is 0 Å². The lowest BCUT2D eigenvalue weighted by Gasteiger charge is -2.14. The van der Waals surface area contributed by atoms with Gasteiger partial charge in [0.25, 0.3) is 0 Å². The Morgan fingerprint density at radius 2 is 1.67 bits per heavy atom. The van der Waals surface area contributed by atoms with Crippen molar-refractivity contribution in [3.63, 3.8) is 0 Å². The van der Waals surface area contributed by atoms with Gasteiger partial charge in [0, 0.05) is 12.6 Å². The van der Waals surface area contributed by atoms with Crippen LogP contribution < -0.4 is 14.2 Å². The molecule has 0 fully saturated rings. The number of hydrogen-bond donors (Lipinski definition) is 1. The zero-order valence-corrected chi connectivity index (χ0v) is 10.9. The molecule has 0 atom stereocenters. The van der Waals surface area contributed by atoms with Crippen LogP contribution in [0.3, 0.4) is 0 Å². The SMILES string of the molecule is CN=C(OCO)c1cc(OC)c(OC)c(OC)c1. The van der Waals surface area contributed by atoms with Crippen LogP contribution in [0.5, 0.6) is 17.2 Å². The molecule has 0 radical (unpaired) electrons. The van der Waals surface area contributed by atoms with Crippen LogP contribution in [0.15, 0.2) is 17.1 Å². The molecule has 0 heterocycles. The Morgan fingerprint density at radius 3 is 2.00 bits per heavy atom. The van der Waals surface area contributed by atoms with Gasteiger partial charge in [-0.05, 0) is 12.1 Å². The largest absolute Gasteiger partial charge is 0.493 e. The third-order valence-corrected chi connectivity index (χ3v) is 2.32. The molecule has 0 saturated heterocycles. The number of methoxy groups -OCH3 is 3. The first kappa shape index (κ1) is 14.1. The molecule has 18 heavy (non-hydrogen) atoms. The van der Waals surface area contributed by atoms with E-state index in [1.165, 1.54) is 21.3 Å². The van der Waals surface area contributed by atoms with Crippen LogP contribution in [0.4, 0.5) is 0 Å². The van der Waals surface area contributed by atoms with E-state index >= 15 is 0 Å². The molecule has 0 spiro atoms. The van der Waals surface area contributed by atoms with Crippen molar-refractivity contribution < 1.29 is 24.1 Å². The lowest BCUT2D eigenvalue weighted by atomic mass is 10.1. The second-order valence-corrected chi connectivity index (χ2v) is 3.22. The Labute approximate surface area is 106 Å². The van der Waals surface area contributed by atoms with E-state index in [0.29, 0.717) is 22.8 Å². The summed E-state index contributed by atoms with van der Waals surface area (Å²) in [7, 11) is 6.14. The molecule has 0 aliphatic rings. The number of rotatable bonds is 5. The molecule has 6 heteroatoms. The molecule has 0 unspecified atom stereocenters. The van der Waals surface area contributed by atoms with Gasteiger partial charge in [0.1, 0.15) is 0 Å². The molecule has 1 rings (SSSR count). The Hall–Kier alpha value is -1.95. The third-order valence-electron chi connectivity index (χ3n) is 2.32. The van der Waals surface area contributed by atoms with Gasteiger partial charge >= 0.3 is 0 Å². The number of aliphatic hydroxyl groups is 1. The van der Waals surface area contributed by atoms with Crippen LogP contribution in [-0.4, -0.2) is 46.2 Å². The van der Waals surface area contributed by atoms with Crippen molar-refractivity contribution in [2.45, 2.75) is 0 Å².